The van der Waals surface area contributed by atoms with Crippen molar-refractivity contribution in [2.24, 2.45) is 5.92 Å². The molecule has 7 heteroatoms. The van der Waals surface area contributed by atoms with Gasteiger partial charge in [-0.2, -0.15) is 0 Å². The van der Waals surface area contributed by atoms with Crippen LogP contribution < -0.4 is 10.6 Å². The third-order valence-electron chi connectivity index (χ3n) is 3.66. The minimum Gasteiger partial charge on any atom is -0.360 e. The van der Waals surface area contributed by atoms with Gasteiger partial charge in [0.25, 0.3) is 0 Å². The molecule has 2 N–H and O–H groups in total. The maximum Gasteiger partial charge on any atom is 0.234 e. The molecule has 1 amide bonds. The highest BCUT2D eigenvalue weighted by Gasteiger charge is 2.12. The summed E-state index contributed by atoms with van der Waals surface area (Å²) in [6.45, 7) is 9.37. The molecule has 5 nitrogen and oxygen atoms in total. The molecular formula is C18H26N4OS2. The molecule has 0 aliphatic rings. The second kappa shape index (κ2) is 9.77. The number of hydrogen-bond donors (Lipinski definition) is 2. The number of nitrogens with one attached hydrogen (secondary N) is 2. The highest BCUT2D eigenvalue weighted by molar-refractivity contribution is 8.01. The highest BCUT2D eigenvalue weighted by Crippen LogP contribution is 2.27. The minimum atomic E-state index is -0.00695. The lowest BCUT2D eigenvalue weighted by molar-refractivity contribution is -0.113. The predicted octanol–water partition coefficient (Wildman–Crippen LogP) is 4.46. The maximum absolute atomic E-state index is 12.4. The van der Waals surface area contributed by atoms with Crippen LogP contribution in [0.2, 0.25) is 0 Å². The lowest BCUT2D eigenvalue weighted by Crippen LogP contribution is -2.16. The zero-order valence-electron chi connectivity index (χ0n) is 15.3. The van der Waals surface area contributed by atoms with Gasteiger partial charge in [-0.3, -0.25) is 4.79 Å². The van der Waals surface area contributed by atoms with Gasteiger partial charge in [0, 0.05) is 12.2 Å². The van der Waals surface area contributed by atoms with Gasteiger partial charge in [0.15, 0.2) is 4.34 Å². The van der Waals surface area contributed by atoms with Crippen molar-refractivity contribution < 1.29 is 4.79 Å². The Bertz CT molecular complexity index is 678. The number of thioether (sulfide) groups is 1. The van der Waals surface area contributed by atoms with Crippen LogP contribution in [0.15, 0.2) is 22.5 Å². The third-order valence-corrected chi connectivity index (χ3v) is 5.67. The predicted molar refractivity (Wildman–Crippen MR) is 108 cm³/mol. The first-order valence-electron chi connectivity index (χ1n) is 8.64. The molecule has 0 bridgehead atoms. The van der Waals surface area contributed by atoms with E-state index < -0.39 is 0 Å². The van der Waals surface area contributed by atoms with Gasteiger partial charge >= 0.3 is 0 Å². The number of carbonyl (C=O) groups is 1. The lowest BCUT2D eigenvalue weighted by Gasteiger charge is -2.14. The first-order valence-corrected chi connectivity index (χ1v) is 10.4. The molecule has 136 valence electrons. The summed E-state index contributed by atoms with van der Waals surface area (Å²) in [5.41, 5.74) is 3.32. The number of amides is 1. The molecule has 0 spiro atoms. The fraction of sp³-hybridized carbons (Fsp3) is 0.500. The number of anilines is 2. The van der Waals surface area contributed by atoms with E-state index in [0.29, 0.717) is 11.7 Å². The summed E-state index contributed by atoms with van der Waals surface area (Å²) < 4.78 is 0.806. The van der Waals surface area contributed by atoms with Gasteiger partial charge in [-0.05, 0) is 29.9 Å². The molecule has 2 aromatic rings. The molecule has 0 unspecified atom stereocenters. The third kappa shape index (κ3) is 6.01. The Morgan fingerprint density at radius 2 is 1.88 bits per heavy atom. The molecular weight excluding hydrogens is 352 g/mol. The SMILES string of the molecule is CCc1cccc(CC)c1NC(=O)CSc1nnc(NCC(C)C)s1. The highest BCUT2D eigenvalue weighted by atomic mass is 32.2. The van der Waals surface area contributed by atoms with Crippen molar-refractivity contribution >= 4 is 39.8 Å². The Hall–Kier alpha value is -1.60. The van der Waals surface area contributed by atoms with E-state index in [1.54, 1.807) is 0 Å². The minimum absolute atomic E-state index is 0.00695. The average molecular weight is 379 g/mol. The number of carbonyl (C=O) groups excluding carboxylic acids is 1. The smallest absolute Gasteiger partial charge is 0.234 e. The molecule has 1 aromatic heterocycles. The van der Waals surface area contributed by atoms with Gasteiger partial charge in [0.1, 0.15) is 0 Å². The molecule has 0 saturated carbocycles. The number of rotatable bonds is 9. The number of hydrogen-bond acceptors (Lipinski definition) is 6. The van der Waals surface area contributed by atoms with Crippen LogP contribution in [0, 0.1) is 5.92 Å². The molecule has 2 rings (SSSR count). The fourth-order valence-corrected chi connectivity index (χ4v) is 3.90. The Balaban J connectivity index is 1.91. The van der Waals surface area contributed by atoms with Crippen LogP contribution in [0.3, 0.4) is 0 Å². The van der Waals surface area contributed by atoms with Crippen molar-refractivity contribution in [1.29, 1.82) is 0 Å². The number of aromatic nitrogens is 2. The summed E-state index contributed by atoms with van der Waals surface area (Å²) in [7, 11) is 0. The largest absolute Gasteiger partial charge is 0.360 e. The Morgan fingerprint density at radius 1 is 1.20 bits per heavy atom. The number of nitrogens with zero attached hydrogens (tertiary/aromatic N) is 2. The van der Waals surface area contributed by atoms with Crippen LogP contribution in [0.1, 0.15) is 38.8 Å². The Labute approximate surface area is 158 Å². The van der Waals surface area contributed by atoms with Crippen LogP contribution in [0.25, 0.3) is 0 Å². The van der Waals surface area contributed by atoms with Crippen molar-refractivity contribution in [2.45, 2.75) is 44.9 Å². The topological polar surface area (TPSA) is 66.9 Å². The first kappa shape index (κ1) is 19.7. The van der Waals surface area contributed by atoms with Gasteiger partial charge in [-0.25, -0.2) is 0 Å². The molecule has 0 fully saturated rings. The second-order valence-electron chi connectivity index (χ2n) is 6.14. The first-order chi connectivity index (χ1) is 12.0. The molecule has 0 saturated heterocycles. The van der Waals surface area contributed by atoms with E-state index in [2.05, 4.69) is 66.7 Å². The molecule has 0 radical (unpaired) electrons. The summed E-state index contributed by atoms with van der Waals surface area (Å²) in [4.78, 5) is 12.4. The standard InChI is InChI=1S/C18H26N4OS2/c1-5-13-8-7-9-14(6-2)16(13)20-15(23)11-24-18-22-21-17(25-18)19-10-12(3)4/h7-9,12H,5-6,10-11H2,1-4H3,(H,19,21)(H,20,23). The second-order valence-corrected chi connectivity index (χ2v) is 8.34. The Kier molecular flexibility index (Phi) is 7.71. The van der Waals surface area contributed by atoms with E-state index in [4.69, 9.17) is 0 Å². The van der Waals surface area contributed by atoms with Crippen LogP contribution in [0.4, 0.5) is 10.8 Å². The van der Waals surface area contributed by atoms with E-state index in [1.807, 2.05) is 0 Å². The van der Waals surface area contributed by atoms with Crippen molar-refractivity contribution in [3.8, 4) is 0 Å². The molecule has 1 aromatic carbocycles. The van der Waals surface area contributed by atoms with Crippen LogP contribution in [-0.2, 0) is 17.6 Å². The zero-order chi connectivity index (χ0) is 18.2. The molecule has 25 heavy (non-hydrogen) atoms. The maximum atomic E-state index is 12.4. The number of para-hydroxylation sites is 1. The monoisotopic (exact) mass is 378 g/mol. The van der Waals surface area contributed by atoms with Crippen LogP contribution in [-0.4, -0.2) is 28.4 Å². The van der Waals surface area contributed by atoms with Crippen LogP contribution >= 0.6 is 23.1 Å². The van der Waals surface area contributed by atoms with Crippen molar-refractivity contribution in [3.63, 3.8) is 0 Å². The van der Waals surface area contributed by atoms with E-state index in [0.717, 1.165) is 34.5 Å². The van der Waals surface area contributed by atoms with E-state index in [1.165, 1.54) is 34.2 Å². The van der Waals surface area contributed by atoms with Gasteiger partial charge in [0.05, 0.1) is 5.75 Å². The Morgan fingerprint density at radius 3 is 2.48 bits per heavy atom. The average Bonchev–Trinajstić information content (AvgIpc) is 3.06. The zero-order valence-corrected chi connectivity index (χ0v) is 16.9. The van der Waals surface area contributed by atoms with Gasteiger partial charge in [0.2, 0.25) is 11.0 Å². The lowest BCUT2D eigenvalue weighted by atomic mass is 10.0. The van der Waals surface area contributed by atoms with E-state index in [9.17, 15) is 4.79 Å². The molecule has 0 aliphatic carbocycles. The molecule has 1 heterocycles. The summed E-state index contributed by atoms with van der Waals surface area (Å²) in [6.07, 6.45) is 1.80. The van der Waals surface area contributed by atoms with E-state index >= 15 is 0 Å². The number of benzene rings is 1. The van der Waals surface area contributed by atoms with Gasteiger partial charge < -0.3 is 10.6 Å². The summed E-state index contributed by atoms with van der Waals surface area (Å²) >= 11 is 2.91. The van der Waals surface area contributed by atoms with Crippen molar-refractivity contribution in [2.75, 3.05) is 22.9 Å². The number of aryl methyl sites for hydroxylation is 2. The fourth-order valence-electron chi connectivity index (χ4n) is 2.34. The normalized spacial score (nSPS) is 10.9. The quantitative estimate of drug-likeness (QED) is 0.631. The van der Waals surface area contributed by atoms with E-state index in [-0.39, 0.29) is 5.91 Å². The van der Waals surface area contributed by atoms with Gasteiger partial charge in [-0.1, -0.05) is 69.0 Å². The van der Waals surface area contributed by atoms with Crippen molar-refractivity contribution in [3.05, 3.63) is 29.3 Å². The summed E-state index contributed by atoms with van der Waals surface area (Å²) in [6, 6.07) is 6.19. The van der Waals surface area contributed by atoms with Crippen molar-refractivity contribution in [1.82, 2.24) is 10.2 Å². The molecule has 0 atom stereocenters. The molecule has 0 aliphatic heterocycles. The van der Waals surface area contributed by atoms with Crippen LogP contribution in [0.5, 0.6) is 0 Å². The summed E-state index contributed by atoms with van der Waals surface area (Å²) in [5.74, 6) is 0.879. The van der Waals surface area contributed by atoms with Gasteiger partial charge in [-0.15, -0.1) is 10.2 Å². The summed E-state index contributed by atoms with van der Waals surface area (Å²) in [5, 5.41) is 15.4.